The van der Waals surface area contributed by atoms with Crippen molar-refractivity contribution < 1.29 is 57.0 Å². The Bertz CT molecular complexity index is 744. The van der Waals surface area contributed by atoms with Gasteiger partial charge >= 0.3 is 11.9 Å². The van der Waals surface area contributed by atoms with E-state index in [2.05, 4.69) is 0 Å². The van der Waals surface area contributed by atoms with Crippen LogP contribution in [0.2, 0.25) is 0 Å². The number of ether oxygens (including phenoxy) is 9. The molecule has 0 aliphatic rings. The zero-order valence-electron chi connectivity index (χ0n) is 22.8. The molecule has 12 nitrogen and oxygen atoms in total. The van der Waals surface area contributed by atoms with E-state index in [0.717, 1.165) is 0 Å². The van der Waals surface area contributed by atoms with Crippen molar-refractivity contribution in [3.63, 3.8) is 0 Å². The lowest BCUT2D eigenvalue weighted by atomic mass is 10.1. The topological polar surface area (TPSA) is 134 Å². The number of benzene rings is 1. The van der Waals surface area contributed by atoms with E-state index < -0.39 is 11.8 Å². The Hall–Kier alpha value is -2.45. The fourth-order valence-corrected chi connectivity index (χ4v) is 2.78. The Morgan fingerprint density at radius 3 is 1.31 bits per heavy atom. The van der Waals surface area contributed by atoms with Crippen molar-refractivity contribution in [2.45, 2.75) is 13.3 Å². The highest BCUT2D eigenvalue weighted by Gasteiger charge is 2.17. The van der Waals surface area contributed by atoms with Crippen LogP contribution in [0, 0.1) is 0 Å². The van der Waals surface area contributed by atoms with Crippen molar-refractivity contribution in [2.24, 2.45) is 0 Å². The third-order valence-electron chi connectivity index (χ3n) is 4.67. The zero-order chi connectivity index (χ0) is 28.2. The number of carbonyl (C=O) groups is 3. The first-order valence-electron chi connectivity index (χ1n) is 13.1. The van der Waals surface area contributed by atoms with E-state index in [-0.39, 0.29) is 25.6 Å². The maximum absolute atomic E-state index is 11.8. The summed E-state index contributed by atoms with van der Waals surface area (Å²) >= 11 is 0. The highest BCUT2D eigenvalue weighted by molar-refractivity contribution is 6.40. The highest BCUT2D eigenvalue weighted by atomic mass is 16.6. The monoisotopic (exact) mass is 558 g/mol. The van der Waals surface area contributed by atoms with Crippen LogP contribution in [-0.4, -0.2) is 123 Å². The summed E-state index contributed by atoms with van der Waals surface area (Å²) in [6.07, 6.45) is 0.246. The molecule has 0 heterocycles. The molecule has 39 heavy (non-hydrogen) atoms. The van der Waals surface area contributed by atoms with Crippen molar-refractivity contribution in [3.8, 4) is 0 Å². The summed E-state index contributed by atoms with van der Waals surface area (Å²) in [6, 6.07) is 8.24. The summed E-state index contributed by atoms with van der Waals surface area (Å²) in [5.74, 6) is -1.84. The Balaban J connectivity index is 1.72. The van der Waals surface area contributed by atoms with Crippen molar-refractivity contribution in [1.29, 1.82) is 0 Å². The van der Waals surface area contributed by atoms with Gasteiger partial charge in [-0.05, 0) is 6.92 Å². The molecule has 0 aromatic heterocycles. The van der Waals surface area contributed by atoms with Gasteiger partial charge in [0.05, 0.1) is 106 Å². The molecule has 0 saturated heterocycles. The molecule has 0 aliphatic carbocycles. The van der Waals surface area contributed by atoms with Gasteiger partial charge in [0, 0.05) is 5.56 Å². The molecule has 0 aliphatic heterocycles. The maximum Gasteiger partial charge on any atom is 0.379 e. The van der Waals surface area contributed by atoms with Gasteiger partial charge in [-0.3, -0.25) is 9.59 Å². The molecule has 0 N–H and O–H groups in total. The molecule has 0 radical (unpaired) electrons. The van der Waals surface area contributed by atoms with Gasteiger partial charge < -0.3 is 42.6 Å². The second-order valence-electron chi connectivity index (χ2n) is 7.67. The van der Waals surface area contributed by atoms with Gasteiger partial charge in [-0.2, -0.15) is 0 Å². The first-order valence-corrected chi connectivity index (χ1v) is 13.1. The van der Waals surface area contributed by atoms with Crippen molar-refractivity contribution in [1.82, 2.24) is 0 Å². The van der Waals surface area contributed by atoms with E-state index in [1.54, 1.807) is 37.3 Å². The van der Waals surface area contributed by atoms with Crippen LogP contribution in [-0.2, 0) is 52.2 Å². The number of carbonyl (C=O) groups excluding carboxylic acids is 3. The lowest BCUT2D eigenvalue weighted by molar-refractivity contribution is -0.144. The Morgan fingerprint density at radius 1 is 0.513 bits per heavy atom. The Labute approximate surface area is 230 Å². The van der Waals surface area contributed by atoms with E-state index in [9.17, 15) is 14.4 Å². The summed E-state index contributed by atoms with van der Waals surface area (Å²) in [4.78, 5) is 34.7. The van der Waals surface area contributed by atoms with E-state index >= 15 is 0 Å². The first kappa shape index (κ1) is 34.6. The molecule has 0 amide bonds. The molecule has 1 aromatic carbocycles. The van der Waals surface area contributed by atoms with Crippen LogP contribution in [0.1, 0.15) is 23.7 Å². The Kier molecular flexibility index (Phi) is 22.9. The van der Waals surface area contributed by atoms with Gasteiger partial charge in [-0.1, -0.05) is 30.3 Å². The van der Waals surface area contributed by atoms with Crippen LogP contribution >= 0.6 is 0 Å². The molecule has 0 spiro atoms. The third-order valence-corrected chi connectivity index (χ3v) is 4.67. The van der Waals surface area contributed by atoms with Crippen LogP contribution in [0.25, 0.3) is 0 Å². The second kappa shape index (κ2) is 25.8. The van der Waals surface area contributed by atoms with Gasteiger partial charge in [-0.15, -0.1) is 0 Å². The predicted molar refractivity (Wildman–Crippen MR) is 139 cm³/mol. The fraction of sp³-hybridized carbons (Fsp3) is 0.667. The van der Waals surface area contributed by atoms with E-state index in [4.69, 9.17) is 42.6 Å². The van der Waals surface area contributed by atoms with E-state index in [0.29, 0.717) is 98.1 Å². The number of rotatable bonds is 27. The smallest absolute Gasteiger partial charge is 0.379 e. The highest BCUT2D eigenvalue weighted by Crippen LogP contribution is 2.01. The van der Waals surface area contributed by atoms with E-state index in [1.165, 1.54) is 0 Å². The van der Waals surface area contributed by atoms with Crippen molar-refractivity contribution in [2.75, 3.05) is 106 Å². The molecule has 222 valence electrons. The molecular formula is C27H42O12. The second-order valence-corrected chi connectivity index (χ2v) is 7.67. The van der Waals surface area contributed by atoms with Gasteiger partial charge in [0.1, 0.15) is 6.61 Å². The number of hydrogen-bond donors (Lipinski definition) is 0. The molecule has 0 unspecified atom stereocenters. The Morgan fingerprint density at radius 2 is 0.897 bits per heavy atom. The van der Waals surface area contributed by atoms with Crippen LogP contribution < -0.4 is 0 Å². The number of ketones is 1. The zero-order valence-corrected chi connectivity index (χ0v) is 22.8. The first-order chi connectivity index (χ1) is 19.1. The van der Waals surface area contributed by atoms with Crippen LogP contribution in [0.3, 0.4) is 0 Å². The molecule has 0 atom stereocenters. The average molecular weight is 559 g/mol. The number of esters is 2. The largest absolute Gasteiger partial charge is 0.466 e. The van der Waals surface area contributed by atoms with E-state index in [1.807, 2.05) is 0 Å². The molecule has 1 rings (SSSR count). The predicted octanol–water partition coefficient (Wildman–Crippen LogP) is 1.48. The molecule has 12 heteroatoms. The average Bonchev–Trinajstić information content (AvgIpc) is 2.95. The normalized spacial score (nSPS) is 10.9. The molecule has 0 bridgehead atoms. The van der Waals surface area contributed by atoms with Crippen LogP contribution in [0.5, 0.6) is 0 Å². The summed E-state index contributed by atoms with van der Waals surface area (Å²) in [5, 5.41) is 0. The minimum atomic E-state index is -0.900. The third kappa shape index (κ3) is 21.1. The van der Waals surface area contributed by atoms with Gasteiger partial charge in [0.15, 0.2) is 0 Å². The summed E-state index contributed by atoms with van der Waals surface area (Å²) < 4.78 is 47.3. The number of hydrogen-bond acceptors (Lipinski definition) is 12. The molecular weight excluding hydrogens is 516 g/mol. The summed E-state index contributed by atoms with van der Waals surface area (Å²) in [7, 11) is 0. The molecule has 0 saturated carbocycles. The molecule has 0 fully saturated rings. The lowest BCUT2D eigenvalue weighted by Crippen LogP contribution is -2.20. The molecule has 1 aromatic rings. The minimum absolute atomic E-state index is 0.00428. The standard InChI is InChI=1S/C27H42O12/c1-2-38-25(28)8-9-31-10-11-32-12-13-33-14-15-34-16-17-35-18-19-36-20-21-37-22-23-39-27(30)26(29)24-6-4-3-5-7-24/h3-7H,2,8-23H2,1H3. The van der Waals surface area contributed by atoms with Crippen molar-refractivity contribution in [3.05, 3.63) is 35.9 Å². The number of Topliss-reactive ketones (excluding diaryl/α,β-unsaturated/α-hetero) is 1. The maximum atomic E-state index is 11.8. The lowest BCUT2D eigenvalue weighted by Gasteiger charge is -2.08. The van der Waals surface area contributed by atoms with Gasteiger partial charge in [0.2, 0.25) is 0 Å². The van der Waals surface area contributed by atoms with Crippen molar-refractivity contribution >= 4 is 17.7 Å². The van der Waals surface area contributed by atoms with Gasteiger partial charge in [0.25, 0.3) is 5.78 Å². The SMILES string of the molecule is CCOC(=O)CCOCCOCCOCCOCCOCCOCCOCCOC(=O)C(=O)c1ccccc1. The van der Waals surface area contributed by atoms with Crippen LogP contribution in [0.15, 0.2) is 30.3 Å². The fourth-order valence-electron chi connectivity index (χ4n) is 2.78. The van der Waals surface area contributed by atoms with Crippen LogP contribution in [0.4, 0.5) is 0 Å². The quantitative estimate of drug-likeness (QED) is 0.0670. The summed E-state index contributed by atoms with van der Waals surface area (Å²) in [5.41, 5.74) is 0.293. The van der Waals surface area contributed by atoms with Gasteiger partial charge in [-0.25, -0.2) is 4.79 Å². The summed E-state index contributed by atoms with van der Waals surface area (Å²) in [6.45, 7) is 7.81. The minimum Gasteiger partial charge on any atom is -0.466 e.